The predicted octanol–water partition coefficient (Wildman–Crippen LogP) is 1.04. The molecule has 0 saturated carbocycles. The lowest BCUT2D eigenvalue weighted by Gasteiger charge is -2.32. The Balaban J connectivity index is 1.64. The smallest absolute Gasteiger partial charge is 0.250 e. The molecule has 1 aliphatic rings. The number of hydrogen-bond donors (Lipinski definition) is 1. The van der Waals surface area contributed by atoms with Crippen LogP contribution in [0.5, 0.6) is 0 Å². The molecule has 1 aliphatic heterocycles. The summed E-state index contributed by atoms with van der Waals surface area (Å²) in [5.41, 5.74) is 1.32. The summed E-state index contributed by atoms with van der Waals surface area (Å²) >= 11 is 0. The van der Waals surface area contributed by atoms with Gasteiger partial charge in [-0.15, -0.1) is 0 Å². The van der Waals surface area contributed by atoms with Crippen molar-refractivity contribution in [1.82, 2.24) is 19.4 Å². The number of carbonyl (C=O) groups is 1. The first-order valence-corrected chi connectivity index (χ1v) is 8.53. The minimum Gasteiger partial charge on any atom is -0.342 e. The summed E-state index contributed by atoms with van der Waals surface area (Å²) in [6, 6.07) is 6.60. The predicted molar refractivity (Wildman–Crippen MR) is 93.5 cm³/mol. The Hall–Kier alpha value is -2.70. The Kier molecular flexibility index (Phi) is 5.11. The molecule has 1 atom stereocenters. The zero-order chi connectivity index (χ0) is 17.8. The molecule has 3 rings (SSSR count). The van der Waals surface area contributed by atoms with E-state index in [2.05, 4.69) is 9.97 Å². The Morgan fingerprint density at radius 1 is 1.36 bits per heavy atom. The van der Waals surface area contributed by atoms with Gasteiger partial charge >= 0.3 is 0 Å². The van der Waals surface area contributed by atoms with Crippen LogP contribution in [-0.2, 0) is 11.3 Å². The van der Waals surface area contributed by atoms with E-state index in [1.165, 1.54) is 18.5 Å². The van der Waals surface area contributed by atoms with E-state index in [9.17, 15) is 14.4 Å². The summed E-state index contributed by atoms with van der Waals surface area (Å²) in [5.74, 6) is 0.117. The highest BCUT2D eigenvalue weighted by molar-refractivity contribution is 5.76. The molecule has 2 aromatic rings. The molecule has 0 unspecified atom stereocenters. The van der Waals surface area contributed by atoms with Gasteiger partial charge in [0.15, 0.2) is 0 Å². The maximum Gasteiger partial charge on any atom is 0.250 e. The highest BCUT2D eigenvalue weighted by Gasteiger charge is 2.25. The maximum absolute atomic E-state index is 12.6. The number of aromatic nitrogens is 3. The quantitative estimate of drug-likeness (QED) is 0.899. The number of amides is 1. The molecule has 0 radical (unpaired) electrons. The summed E-state index contributed by atoms with van der Waals surface area (Å²) in [5, 5.41) is 0. The number of hydrogen-bond acceptors (Lipinski definition) is 4. The number of nitrogens with one attached hydrogen (secondary N) is 1. The fourth-order valence-electron chi connectivity index (χ4n) is 3.33. The van der Waals surface area contributed by atoms with E-state index in [1.807, 2.05) is 17.9 Å². The number of carbonyl (C=O) groups excluding carboxylic acids is 1. The number of piperidine rings is 1. The number of aromatic amines is 1. The Morgan fingerprint density at radius 3 is 2.96 bits per heavy atom. The van der Waals surface area contributed by atoms with Gasteiger partial charge in [0, 0.05) is 49.8 Å². The van der Waals surface area contributed by atoms with Gasteiger partial charge in [0.2, 0.25) is 5.91 Å². The van der Waals surface area contributed by atoms with Gasteiger partial charge in [0.1, 0.15) is 0 Å². The van der Waals surface area contributed by atoms with Crippen molar-refractivity contribution in [2.24, 2.45) is 0 Å². The molecule has 0 spiro atoms. The fourth-order valence-corrected chi connectivity index (χ4v) is 3.33. The van der Waals surface area contributed by atoms with Crippen LogP contribution in [0.25, 0.3) is 0 Å². The number of likely N-dealkylation sites (tertiary alicyclic amines) is 1. The third-order valence-electron chi connectivity index (χ3n) is 4.71. The van der Waals surface area contributed by atoms with Gasteiger partial charge in [-0.3, -0.25) is 14.4 Å². The highest BCUT2D eigenvalue weighted by Crippen LogP contribution is 2.25. The van der Waals surface area contributed by atoms with Gasteiger partial charge in [-0.25, -0.2) is 4.98 Å². The zero-order valence-electron chi connectivity index (χ0n) is 14.3. The monoisotopic (exact) mass is 342 g/mol. The zero-order valence-corrected chi connectivity index (χ0v) is 14.3. The van der Waals surface area contributed by atoms with Crippen LogP contribution < -0.4 is 11.1 Å². The summed E-state index contributed by atoms with van der Waals surface area (Å²) in [6.45, 7) is 3.52. The van der Waals surface area contributed by atoms with E-state index >= 15 is 0 Å². The normalized spacial score (nSPS) is 17.5. The minimum absolute atomic E-state index is 0.0321. The molecule has 1 amide bonds. The van der Waals surface area contributed by atoms with Gasteiger partial charge in [-0.2, -0.15) is 0 Å². The van der Waals surface area contributed by atoms with Crippen molar-refractivity contribution in [1.29, 1.82) is 0 Å². The molecule has 1 N–H and O–H groups in total. The number of nitrogens with zero attached hydrogens (tertiary/aromatic N) is 3. The van der Waals surface area contributed by atoms with Crippen LogP contribution >= 0.6 is 0 Å². The summed E-state index contributed by atoms with van der Waals surface area (Å²) in [7, 11) is 0. The Labute approximate surface area is 145 Å². The Morgan fingerprint density at radius 2 is 2.20 bits per heavy atom. The van der Waals surface area contributed by atoms with Crippen LogP contribution in [0.2, 0.25) is 0 Å². The second kappa shape index (κ2) is 7.46. The van der Waals surface area contributed by atoms with Crippen molar-refractivity contribution >= 4 is 5.91 Å². The van der Waals surface area contributed by atoms with Gasteiger partial charge < -0.3 is 14.5 Å². The van der Waals surface area contributed by atoms with Crippen molar-refractivity contribution in [3.8, 4) is 0 Å². The second-order valence-electron chi connectivity index (χ2n) is 6.42. The lowest BCUT2D eigenvalue weighted by molar-refractivity contribution is -0.132. The average Bonchev–Trinajstić information content (AvgIpc) is 2.61. The van der Waals surface area contributed by atoms with Crippen LogP contribution in [0.15, 0.2) is 40.2 Å². The lowest BCUT2D eigenvalue weighted by Crippen LogP contribution is -2.40. The van der Waals surface area contributed by atoms with E-state index in [1.54, 1.807) is 10.6 Å². The molecular weight excluding hydrogens is 320 g/mol. The average molecular weight is 342 g/mol. The maximum atomic E-state index is 12.6. The minimum atomic E-state index is -0.174. The largest absolute Gasteiger partial charge is 0.342 e. The van der Waals surface area contributed by atoms with Crippen molar-refractivity contribution in [2.45, 2.75) is 38.6 Å². The second-order valence-corrected chi connectivity index (χ2v) is 6.42. The summed E-state index contributed by atoms with van der Waals surface area (Å²) < 4.78 is 1.62. The summed E-state index contributed by atoms with van der Waals surface area (Å²) in [6.07, 6.45) is 3.50. The topological polar surface area (TPSA) is 88.1 Å². The molecule has 0 aliphatic carbocycles. The first kappa shape index (κ1) is 17.1. The summed E-state index contributed by atoms with van der Waals surface area (Å²) in [4.78, 5) is 44.5. The van der Waals surface area contributed by atoms with Crippen LogP contribution in [-0.4, -0.2) is 38.4 Å². The van der Waals surface area contributed by atoms with Crippen molar-refractivity contribution in [3.05, 3.63) is 62.7 Å². The Bertz CT molecular complexity index is 871. The molecule has 25 heavy (non-hydrogen) atoms. The highest BCUT2D eigenvalue weighted by atomic mass is 16.2. The van der Waals surface area contributed by atoms with Crippen LogP contribution in [0.3, 0.4) is 0 Å². The van der Waals surface area contributed by atoms with Gasteiger partial charge in [0.05, 0.1) is 12.0 Å². The van der Waals surface area contributed by atoms with E-state index in [0.29, 0.717) is 26.1 Å². The molecule has 0 aromatic carbocycles. The molecule has 7 nitrogen and oxygen atoms in total. The van der Waals surface area contributed by atoms with Crippen molar-refractivity contribution < 1.29 is 4.79 Å². The van der Waals surface area contributed by atoms with E-state index in [0.717, 1.165) is 24.2 Å². The number of pyridine rings is 1. The van der Waals surface area contributed by atoms with Crippen molar-refractivity contribution in [3.63, 3.8) is 0 Å². The van der Waals surface area contributed by atoms with Gasteiger partial charge in [-0.1, -0.05) is 6.07 Å². The molecular formula is C18H22N4O3. The molecule has 2 aromatic heterocycles. The third-order valence-corrected chi connectivity index (χ3v) is 4.71. The fraction of sp³-hybridized carbons (Fsp3) is 0.444. The molecule has 0 bridgehead atoms. The first-order chi connectivity index (χ1) is 12.0. The van der Waals surface area contributed by atoms with Gasteiger partial charge in [0.25, 0.3) is 11.1 Å². The van der Waals surface area contributed by atoms with Crippen molar-refractivity contribution in [2.75, 3.05) is 13.1 Å². The molecule has 7 heteroatoms. The number of rotatable bonds is 4. The first-order valence-electron chi connectivity index (χ1n) is 8.53. The van der Waals surface area contributed by atoms with Gasteiger partial charge in [-0.05, 0) is 25.8 Å². The number of aryl methyl sites for hydroxylation is 1. The standard InChI is InChI=1S/C18H22N4O3/c1-13-4-2-6-18(25)22(13)9-7-17(24)21-8-3-5-14(11-21)15-10-16(23)20-12-19-15/h2,4,6,10,12,14H,3,5,7-9,11H2,1H3,(H,19,20,23)/t14-/m0/s1. The lowest BCUT2D eigenvalue weighted by atomic mass is 9.94. The van der Waals surface area contributed by atoms with E-state index < -0.39 is 0 Å². The van der Waals surface area contributed by atoms with Crippen LogP contribution in [0.4, 0.5) is 0 Å². The molecule has 3 heterocycles. The third kappa shape index (κ3) is 4.04. The van der Waals surface area contributed by atoms with Crippen LogP contribution in [0, 0.1) is 6.92 Å². The molecule has 1 saturated heterocycles. The van der Waals surface area contributed by atoms with E-state index in [-0.39, 0.29) is 22.9 Å². The molecule has 132 valence electrons. The SMILES string of the molecule is Cc1cccc(=O)n1CCC(=O)N1CCC[C@H](c2cc(=O)[nH]cn2)C1. The van der Waals surface area contributed by atoms with E-state index in [4.69, 9.17) is 0 Å². The number of H-pyrrole nitrogens is 1. The molecule has 1 fully saturated rings. The van der Waals surface area contributed by atoms with Crippen LogP contribution in [0.1, 0.15) is 36.6 Å².